The van der Waals surface area contributed by atoms with Crippen molar-refractivity contribution in [3.63, 3.8) is 0 Å². The summed E-state index contributed by atoms with van der Waals surface area (Å²) in [6.07, 6.45) is 1.03. The summed E-state index contributed by atoms with van der Waals surface area (Å²) in [7, 11) is -1.48. The van der Waals surface area contributed by atoms with Crippen LogP contribution in [0.3, 0.4) is 0 Å². The molecular weight excluding hydrogens is 398 g/mol. The normalized spacial score (nSPS) is 18.4. The number of nitrogens with zero attached hydrogens (tertiary/aromatic N) is 2. The molecule has 0 aliphatic carbocycles. The van der Waals surface area contributed by atoms with E-state index in [2.05, 4.69) is 39.8 Å². The lowest BCUT2D eigenvalue weighted by Gasteiger charge is -2.35. The Morgan fingerprint density at radius 3 is 2.60 bits per heavy atom. The quantitative estimate of drug-likeness (QED) is 0.765. The van der Waals surface area contributed by atoms with Crippen LogP contribution in [-0.2, 0) is 21.2 Å². The van der Waals surface area contributed by atoms with Crippen molar-refractivity contribution in [1.82, 2.24) is 9.62 Å². The molecule has 2 aliphatic rings. The van der Waals surface area contributed by atoms with Gasteiger partial charge < -0.3 is 9.64 Å². The Kier molecular flexibility index (Phi) is 6.16. The predicted octanol–water partition coefficient (Wildman–Crippen LogP) is 2.65. The number of rotatable bonds is 6. The van der Waals surface area contributed by atoms with E-state index in [1.54, 1.807) is 6.07 Å². The number of ether oxygens (including phenoxy) is 1. The van der Waals surface area contributed by atoms with E-state index in [0.717, 1.165) is 42.7 Å². The monoisotopic (exact) mass is 429 g/mol. The van der Waals surface area contributed by atoms with Gasteiger partial charge in [-0.1, -0.05) is 24.3 Å². The van der Waals surface area contributed by atoms with Crippen LogP contribution in [0.25, 0.3) is 0 Å². The Morgan fingerprint density at radius 2 is 1.83 bits per heavy atom. The molecule has 1 atom stereocenters. The van der Waals surface area contributed by atoms with Gasteiger partial charge in [0.1, 0.15) is 0 Å². The molecule has 2 aromatic rings. The van der Waals surface area contributed by atoms with Gasteiger partial charge in [-0.05, 0) is 54.7 Å². The number of sulfonamides is 1. The van der Waals surface area contributed by atoms with Crippen molar-refractivity contribution in [2.45, 2.75) is 31.2 Å². The number of likely N-dealkylation sites (N-methyl/N-ethyl adjacent to an activating group) is 1. The second kappa shape index (κ2) is 8.67. The average molecular weight is 430 g/mol. The van der Waals surface area contributed by atoms with Crippen LogP contribution in [0.4, 0.5) is 5.69 Å². The Hall–Kier alpha value is -1.93. The lowest BCUT2D eigenvalue weighted by molar-refractivity contribution is 0.0172. The zero-order valence-corrected chi connectivity index (χ0v) is 18.8. The number of fused-ring (bicyclic) bond motifs is 1. The molecule has 0 saturated carbocycles. The minimum Gasteiger partial charge on any atom is -0.379 e. The Bertz CT molecular complexity index is 1020. The van der Waals surface area contributed by atoms with E-state index in [4.69, 9.17) is 4.74 Å². The third-order valence-corrected chi connectivity index (χ3v) is 7.77. The molecule has 6 nitrogen and oxygen atoms in total. The van der Waals surface area contributed by atoms with E-state index in [9.17, 15) is 8.42 Å². The number of aryl methyl sites for hydroxylation is 2. The van der Waals surface area contributed by atoms with Crippen LogP contribution in [0.15, 0.2) is 41.3 Å². The highest BCUT2D eigenvalue weighted by atomic mass is 32.2. The SMILES string of the molecule is Cc1ccc(C)c(S(=O)(=O)NCC(c2ccc3c(c2)CCN3C)N2CCOCC2)c1. The largest absolute Gasteiger partial charge is 0.379 e. The molecule has 0 spiro atoms. The van der Waals surface area contributed by atoms with Crippen molar-refractivity contribution < 1.29 is 13.2 Å². The van der Waals surface area contributed by atoms with E-state index >= 15 is 0 Å². The van der Waals surface area contributed by atoms with Gasteiger partial charge in [0.25, 0.3) is 0 Å². The van der Waals surface area contributed by atoms with Gasteiger partial charge in [-0.25, -0.2) is 13.1 Å². The molecule has 2 heterocycles. The molecule has 30 heavy (non-hydrogen) atoms. The smallest absolute Gasteiger partial charge is 0.240 e. The third-order valence-electron chi connectivity index (χ3n) is 6.20. The van der Waals surface area contributed by atoms with Gasteiger partial charge in [0.15, 0.2) is 0 Å². The molecule has 4 rings (SSSR count). The van der Waals surface area contributed by atoms with E-state index in [1.165, 1.54) is 11.3 Å². The standard InChI is InChI=1S/C23H31N3O3S/c1-17-4-5-18(2)23(14-17)30(27,28)24-16-22(26-10-12-29-13-11-26)19-6-7-21-20(15-19)8-9-25(21)3/h4-7,14-15,22,24H,8-13,16H2,1-3H3. The lowest BCUT2D eigenvalue weighted by atomic mass is 10.0. The highest BCUT2D eigenvalue weighted by molar-refractivity contribution is 7.89. The Morgan fingerprint density at radius 1 is 1.07 bits per heavy atom. The van der Waals surface area contributed by atoms with Crippen molar-refractivity contribution in [2.24, 2.45) is 0 Å². The van der Waals surface area contributed by atoms with Gasteiger partial charge in [-0.3, -0.25) is 4.90 Å². The van der Waals surface area contributed by atoms with E-state index in [-0.39, 0.29) is 6.04 Å². The first-order chi connectivity index (χ1) is 14.3. The van der Waals surface area contributed by atoms with E-state index < -0.39 is 10.0 Å². The van der Waals surface area contributed by atoms with Crippen LogP contribution >= 0.6 is 0 Å². The molecule has 162 valence electrons. The fraction of sp³-hybridized carbons (Fsp3) is 0.478. The van der Waals surface area contributed by atoms with Crippen LogP contribution in [0, 0.1) is 13.8 Å². The molecule has 1 saturated heterocycles. The number of hydrogen-bond acceptors (Lipinski definition) is 5. The van der Waals surface area contributed by atoms with Crippen molar-refractivity contribution >= 4 is 15.7 Å². The summed E-state index contributed by atoms with van der Waals surface area (Å²) in [6, 6.07) is 12.1. The van der Waals surface area contributed by atoms with Crippen LogP contribution < -0.4 is 9.62 Å². The summed E-state index contributed by atoms with van der Waals surface area (Å²) >= 11 is 0. The van der Waals surface area contributed by atoms with Gasteiger partial charge in [0.2, 0.25) is 10.0 Å². The first kappa shape index (κ1) is 21.3. The molecule has 0 radical (unpaired) electrons. The molecule has 0 amide bonds. The molecule has 1 unspecified atom stereocenters. The summed E-state index contributed by atoms with van der Waals surface area (Å²) in [6.45, 7) is 8.06. The van der Waals surface area contributed by atoms with Crippen LogP contribution in [0.1, 0.15) is 28.3 Å². The minimum atomic E-state index is -3.59. The zero-order chi connectivity index (χ0) is 21.3. The second-order valence-corrected chi connectivity index (χ2v) is 10.1. The predicted molar refractivity (Wildman–Crippen MR) is 120 cm³/mol. The summed E-state index contributed by atoms with van der Waals surface area (Å²) in [5.74, 6) is 0. The Labute approximate surface area is 179 Å². The number of morpholine rings is 1. The Balaban J connectivity index is 1.60. The topological polar surface area (TPSA) is 61.9 Å². The summed E-state index contributed by atoms with van der Waals surface area (Å²) in [5, 5.41) is 0. The number of nitrogens with one attached hydrogen (secondary N) is 1. The van der Waals surface area contributed by atoms with Crippen molar-refractivity contribution in [3.8, 4) is 0 Å². The molecule has 2 aromatic carbocycles. The highest BCUT2D eigenvalue weighted by Crippen LogP contribution is 2.31. The fourth-order valence-electron chi connectivity index (χ4n) is 4.40. The summed E-state index contributed by atoms with van der Waals surface area (Å²) < 4.78 is 34.6. The molecule has 1 N–H and O–H groups in total. The molecule has 0 bridgehead atoms. The van der Waals surface area contributed by atoms with Gasteiger partial charge in [-0.2, -0.15) is 0 Å². The second-order valence-electron chi connectivity index (χ2n) is 8.34. The van der Waals surface area contributed by atoms with Gasteiger partial charge in [-0.15, -0.1) is 0 Å². The van der Waals surface area contributed by atoms with Crippen molar-refractivity contribution in [1.29, 1.82) is 0 Å². The highest BCUT2D eigenvalue weighted by Gasteiger charge is 2.27. The first-order valence-corrected chi connectivity index (χ1v) is 12.1. The van der Waals surface area contributed by atoms with Gasteiger partial charge in [0.05, 0.1) is 18.1 Å². The van der Waals surface area contributed by atoms with Crippen LogP contribution in [0.5, 0.6) is 0 Å². The number of benzene rings is 2. The average Bonchev–Trinajstić information content (AvgIpc) is 3.11. The minimum absolute atomic E-state index is 0.0232. The maximum absolute atomic E-state index is 13.1. The van der Waals surface area contributed by atoms with Gasteiger partial charge in [0, 0.05) is 45.0 Å². The summed E-state index contributed by atoms with van der Waals surface area (Å²) in [5.41, 5.74) is 5.47. The fourth-order valence-corrected chi connectivity index (χ4v) is 5.77. The van der Waals surface area contributed by atoms with Crippen molar-refractivity contribution in [2.75, 3.05) is 51.3 Å². The maximum atomic E-state index is 13.1. The lowest BCUT2D eigenvalue weighted by Crippen LogP contribution is -2.43. The third kappa shape index (κ3) is 4.39. The molecule has 0 aromatic heterocycles. The van der Waals surface area contributed by atoms with E-state index in [0.29, 0.717) is 24.7 Å². The van der Waals surface area contributed by atoms with Gasteiger partial charge >= 0.3 is 0 Å². The first-order valence-electron chi connectivity index (χ1n) is 10.6. The molecule has 2 aliphatic heterocycles. The molecule has 7 heteroatoms. The van der Waals surface area contributed by atoms with Crippen LogP contribution in [-0.4, -0.2) is 59.8 Å². The van der Waals surface area contributed by atoms with Crippen LogP contribution in [0.2, 0.25) is 0 Å². The molecule has 1 fully saturated rings. The number of hydrogen-bond donors (Lipinski definition) is 1. The maximum Gasteiger partial charge on any atom is 0.240 e. The zero-order valence-electron chi connectivity index (χ0n) is 18.0. The molecular formula is C23H31N3O3S. The summed E-state index contributed by atoms with van der Waals surface area (Å²) in [4.78, 5) is 4.96. The van der Waals surface area contributed by atoms with E-state index in [1.807, 2.05) is 26.0 Å². The van der Waals surface area contributed by atoms with Crippen molar-refractivity contribution in [3.05, 3.63) is 58.7 Å². The number of anilines is 1.